The van der Waals surface area contributed by atoms with E-state index in [1.807, 2.05) is 0 Å². The molecule has 0 aromatic heterocycles. The highest BCUT2D eigenvalue weighted by Crippen LogP contribution is 2.20. The summed E-state index contributed by atoms with van der Waals surface area (Å²) in [5, 5.41) is 13.1. The van der Waals surface area contributed by atoms with E-state index in [9.17, 15) is 23.5 Å². The highest BCUT2D eigenvalue weighted by molar-refractivity contribution is 7.84. The Labute approximate surface area is 118 Å². The zero-order chi connectivity index (χ0) is 15.3. The van der Waals surface area contributed by atoms with Gasteiger partial charge in [-0.15, -0.1) is 0 Å². The Bertz CT molecular complexity index is 563. The van der Waals surface area contributed by atoms with Crippen molar-refractivity contribution in [2.24, 2.45) is 0 Å². The Morgan fingerprint density at radius 3 is 2.70 bits per heavy atom. The van der Waals surface area contributed by atoms with E-state index < -0.39 is 27.4 Å². The third-order valence-corrected chi connectivity index (χ3v) is 3.45. The second kappa shape index (κ2) is 7.09. The van der Waals surface area contributed by atoms with Gasteiger partial charge in [0.25, 0.3) is 11.6 Å². The van der Waals surface area contributed by atoms with Gasteiger partial charge in [0.1, 0.15) is 5.82 Å². The molecule has 0 saturated carbocycles. The summed E-state index contributed by atoms with van der Waals surface area (Å²) >= 11 is 0. The molecule has 1 unspecified atom stereocenters. The summed E-state index contributed by atoms with van der Waals surface area (Å²) in [6, 6.07) is 1.99. The van der Waals surface area contributed by atoms with Crippen molar-refractivity contribution in [3.8, 4) is 0 Å². The van der Waals surface area contributed by atoms with Gasteiger partial charge in [-0.1, -0.05) is 0 Å². The first-order chi connectivity index (χ1) is 9.32. The number of hydrogen-bond acceptors (Lipinski definition) is 4. The summed E-state index contributed by atoms with van der Waals surface area (Å²) < 4.78 is 24.6. The van der Waals surface area contributed by atoms with Crippen LogP contribution in [0.1, 0.15) is 22.3 Å². The maximum absolute atomic E-state index is 13.8. The molecule has 0 aliphatic carbocycles. The van der Waals surface area contributed by atoms with E-state index >= 15 is 0 Å². The predicted molar refractivity (Wildman–Crippen MR) is 73.7 cm³/mol. The van der Waals surface area contributed by atoms with Gasteiger partial charge in [-0.05, 0) is 18.9 Å². The number of carbonyl (C=O) groups excluding carboxylic acids is 1. The minimum atomic E-state index is -0.957. The summed E-state index contributed by atoms with van der Waals surface area (Å²) in [5.74, 6) is -1.06. The maximum Gasteiger partial charge on any atom is 0.270 e. The summed E-state index contributed by atoms with van der Waals surface area (Å²) in [4.78, 5) is 21.8. The van der Waals surface area contributed by atoms with E-state index in [4.69, 9.17) is 0 Å². The van der Waals surface area contributed by atoms with E-state index in [1.165, 1.54) is 6.92 Å². The van der Waals surface area contributed by atoms with Crippen LogP contribution in [-0.2, 0) is 10.8 Å². The van der Waals surface area contributed by atoms with E-state index in [-0.39, 0.29) is 23.4 Å². The monoisotopic (exact) mass is 302 g/mol. The molecular weight excluding hydrogens is 287 g/mol. The number of nitrogens with one attached hydrogen (secondary N) is 1. The number of amides is 1. The second-order valence-electron chi connectivity index (χ2n) is 4.27. The molecule has 20 heavy (non-hydrogen) atoms. The Morgan fingerprint density at radius 2 is 2.15 bits per heavy atom. The van der Waals surface area contributed by atoms with Gasteiger partial charge in [-0.25, -0.2) is 4.39 Å². The van der Waals surface area contributed by atoms with Gasteiger partial charge in [-0.3, -0.25) is 19.1 Å². The first-order valence-electron chi connectivity index (χ1n) is 5.85. The summed E-state index contributed by atoms with van der Waals surface area (Å²) in [7, 11) is -0.957. The number of nitro groups is 1. The number of halogens is 1. The third-order valence-electron chi connectivity index (χ3n) is 2.59. The molecule has 1 amide bonds. The first-order valence-corrected chi connectivity index (χ1v) is 7.58. The lowest BCUT2D eigenvalue weighted by Gasteiger charge is -2.07. The van der Waals surface area contributed by atoms with Crippen LogP contribution >= 0.6 is 0 Å². The topological polar surface area (TPSA) is 89.3 Å². The number of nitro benzene ring substituents is 1. The average molecular weight is 302 g/mol. The van der Waals surface area contributed by atoms with Gasteiger partial charge in [0.05, 0.1) is 10.5 Å². The molecule has 6 nitrogen and oxygen atoms in total. The maximum atomic E-state index is 13.8. The third kappa shape index (κ3) is 4.37. The standard InChI is InChI=1S/C12H15FN2O4S/c1-8-6-9(15(17)18)7-10(11(8)13)12(16)14-4-3-5-20(2)19/h6-7H,3-5H2,1-2H3,(H,14,16). The summed E-state index contributed by atoms with van der Waals surface area (Å²) in [6.07, 6.45) is 2.04. The normalized spacial score (nSPS) is 11.9. The molecule has 1 rings (SSSR count). The molecule has 1 aromatic carbocycles. The van der Waals surface area contributed by atoms with E-state index in [2.05, 4.69) is 5.32 Å². The van der Waals surface area contributed by atoms with Crippen LogP contribution in [0, 0.1) is 22.9 Å². The van der Waals surface area contributed by atoms with Crippen molar-refractivity contribution in [2.75, 3.05) is 18.6 Å². The first kappa shape index (κ1) is 16.2. The molecule has 0 saturated heterocycles. The van der Waals surface area contributed by atoms with Crippen molar-refractivity contribution in [1.29, 1.82) is 0 Å². The highest BCUT2D eigenvalue weighted by Gasteiger charge is 2.19. The number of carbonyl (C=O) groups is 1. The molecule has 0 fully saturated rings. The van der Waals surface area contributed by atoms with Crippen molar-refractivity contribution < 1.29 is 18.3 Å². The quantitative estimate of drug-likeness (QED) is 0.490. The van der Waals surface area contributed by atoms with Crippen LogP contribution in [-0.4, -0.2) is 33.6 Å². The van der Waals surface area contributed by atoms with Crippen molar-refractivity contribution in [3.63, 3.8) is 0 Å². The molecule has 0 bridgehead atoms. The average Bonchev–Trinajstić information content (AvgIpc) is 2.36. The Kier molecular flexibility index (Phi) is 5.75. The van der Waals surface area contributed by atoms with Gasteiger partial charge >= 0.3 is 0 Å². The lowest BCUT2D eigenvalue weighted by molar-refractivity contribution is -0.385. The summed E-state index contributed by atoms with van der Waals surface area (Å²) in [6.45, 7) is 1.60. The molecule has 8 heteroatoms. The molecule has 110 valence electrons. The van der Waals surface area contributed by atoms with Gasteiger partial charge < -0.3 is 5.32 Å². The van der Waals surface area contributed by atoms with Gasteiger partial charge in [0.15, 0.2) is 0 Å². The van der Waals surface area contributed by atoms with Gasteiger partial charge in [-0.2, -0.15) is 0 Å². The Hall–Kier alpha value is -1.83. The van der Waals surface area contributed by atoms with Crippen LogP contribution < -0.4 is 5.32 Å². The fourth-order valence-corrected chi connectivity index (χ4v) is 2.14. The Morgan fingerprint density at radius 1 is 1.50 bits per heavy atom. The molecule has 1 atom stereocenters. The largest absolute Gasteiger partial charge is 0.352 e. The lowest BCUT2D eigenvalue weighted by Crippen LogP contribution is -2.26. The minimum absolute atomic E-state index is 0.0408. The number of aryl methyl sites for hydroxylation is 1. The summed E-state index contributed by atoms with van der Waals surface area (Å²) in [5.41, 5.74) is -0.642. The zero-order valence-electron chi connectivity index (χ0n) is 11.1. The fourth-order valence-electron chi connectivity index (χ4n) is 1.59. The van der Waals surface area contributed by atoms with E-state index in [0.717, 1.165) is 12.1 Å². The van der Waals surface area contributed by atoms with Crippen LogP contribution in [0.4, 0.5) is 10.1 Å². The lowest BCUT2D eigenvalue weighted by atomic mass is 10.1. The van der Waals surface area contributed by atoms with Crippen LogP contribution in [0.15, 0.2) is 12.1 Å². The van der Waals surface area contributed by atoms with Crippen molar-refractivity contribution in [1.82, 2.24) is 5.32 Å². The molecule has 0 aliphatic rings. The van der Waals surface area contributed by atoms with Crippen LogP contribution in [0.5, 0.6) is 0 Å². The number of non-ortho nitro benzene ring substituents is 1. The molecular formula is C12H15FN2O4S. The second-order valence-corrected chi connectivity index (χ2v) is 5.82. The van der Waals surface area contributed by atoms with Crippen LogP contribution in [0.3, 0.4) is 0 Å². The van der Waals surface area contributed by atoms with Gasteiger partial charge in [0.2, 0.25) is 0 Å². The van der Waals surface area contributed by atoms with Crippen LogP contribution in [0.2, 0.25) is 0 Å². The molecule has 0 heterocycles. The molecule has 1 N–H and O–H groups in total. The van der Waals surface area contributed by atoms with Gasteiger partial charge in [0, 0.05) is 41.5 Å². The smallest absolute Gasteiger partial charge is 0.270 e. The van der Waals surface area contributed by atoms with E-state index in [0.29, 0.717) is 12.2 Å². The highest BCUT2D eigenvalue weighted by atomic mass is 32.2. The number of rotatable bonds is 6. The predicted octanol–water partition coefficient (Wildman–Crippen LogP) is 1.54. The molecule has 0 radical (unpaired) electrons. The van der Waals surface area contributed by atoms with Crippen LogP contribution in [0.25, 0.3) is 0 Å². The molecule has 0 aliphatic heterocycles. The SMILES string of the molecule is Cc1cc([N+](=O)[O-])cc(C(=O)NCCCS(C)=O)c1F. The number of nitrogens with zero attached hydrogens (tertiary/aromatic N) is 1. The molecule has 0 spiro atoms. The Balaban J connectivity index is 2.81. The fraction of sp³-hybridized carbons (Fsp3) is 0.417. The van der Waals surface area contributed by atoms with Crippen molar-refractivity contribution >= 4 is 22.4 Å². The number of hydrogen-bond donors (Lipinski definition) is 1. The van der Waals surface area contributed by atoms with Crippen molar-refractivity contribution in [2.45, 2.75) is 13.3 Å². The van der Waals surface area contributed by atoms with E-state index in [1.54, 1.807) is 6.26 Å². The molecule has 1 aromatic rings. The zero-order valence-corrected chi connectivity index (χ0v) is 12.0. The minimum Gasteiger partial charge on any atom is -0.352 e. The van der Waals surface area contributed by atoms with Crippen molar-refractivity contribution in [3.05, 3.63) is 39.2 Å². The number of benzene rings is 1.